The van der Waals surface area contributed by atoms with E-state index in [4.69, 9.17) is 0 Å². The van der Waals surface area contributed by atoms with Crippen LogP contribution in [0.5, 0.6) is 0 Å². The van der Waals surface area contributed by atoms with E-state index in [0.717, 1.165) is 10.9 Å². The molecule has 1 aromatic carbocycles. The molecule has 0 radical (unpaired) electrons. The third-order valence-electron chi connectivity index (χ3n) is 2.54. The quantitative estimate of drug-likeness (QED) is 0.535. The molecule has 0 unspecified atom stereocenters. The number of H-pyrrole nitrogens is 3. The molecule has 0 aliphatic carbocycles. The van der Waals surface area contributed by atoms with E-state index < -0.39 is 11.6 Å². The zero-order valence-electron chi connectivity index (χ0n) is 9.15. The van der Waals surface area contributed by atoms with Crippen LogP contribution in [0.2, 0.25) is 0 Å². The number of imidazole rings is 1. The molecule has 0 atom stereocenters. The molecule has 0 saturated heterocycles. The molecule has 0 aliphatic heterocycles. The van der Waals surface area contributed by atoms with Crippen LogP contribution in [0.25, 0.3) is 10.9 Å². The average molecular weight is 243 g/mol. The van der Waals surface area contributed by atoms with Crippen LogP contribution in [0.4, 0.5) is 5.82 Å². The van der Waals surface area contributed by atoms with Crippen molar-refractivity contribution in [3.05, 3.63) is 46.6 Å². The molecule has 90 valence electrons. The Balaban J connectivity index is 1.93. The van der Waals surface area contributed by atoms with Gasteiger partial charge in [-0.1, -0.05) is 12.1 Å². The van der Waals surface area contributed by atoms with Gasteiger partial charge in [0.05, 0.1) is 5.52 Å². The van der Waals surface area contributed by atoms with E-state index in [0.29, 0.717) is 5.82 Å². The lowest BCUT2D eigenvalue weighted by Crippen LogP contribution is -2.14. The predicted molar refractivity (Wildman–Crippen MR) is 65.5 cm³/mol. The van der Waals surface area contributed by atoms with Crippen molar-refractivity contribution in [2.45, 2.75) is 0 Å². The van der Waals surface area contributed by atoms with E-state index in [9.17, 15) is 9.59 Å². The SMILES string of the molecule is O=C(Nc1n[nH]c2ccccc12)c1c[nH]c(=O)[nH]1. The predicted octanol–water partition coefficient (Wildman–Crippen LogP) is 0.832. The van der Waals surface area contributed by atoms with Crippen LogP contribution in [0.15, 0.2) is 35.3 Å². The van der Waals surface area contributed by atoms with Crippen LogP contribution in [0, 0.1) is 0 Å². The minimum absolute atomic E-state index is 0.159. The first kappa shape index (κ1) is 10.3. The van der Waals surface area contributed by atoms with E-state index in [1.54, 1.807) is 0 Å². The van der Waals surface area contributed by atoms with Crippen molar-refractivity contribution in [3.63, 3.8) is 0 Å². The number of carbonyl (C=O) groups excluding carboxylic acids is 1. The first-order valence-electron chi connectivity index (χ1n) is 5.26. The number of fused-ring (bicyclic) bond motifs is 1. The largest absolute Gasteiger partial charge is 0.323 e. The van der Waals surface area contributed by atoms with E-state index in [1.165, 1.54) is 6.20 Å². The number of aromatic amines is 3. The monoisotopic (exact) mass is 243 g/mol. The van der Waals surface area contributed by atoms with Crippen LogP contribution < -0.4 is 11.0 Å². The normalized spacial score (nSPS) is 10.7. The highest BCUT2D eigenvalue weighted by Crippen LogP contribution is 2.19. The molecular formula is C11H9N5O2. The first-order chi connectivity index (χ1) is 8.74. The Bertz CT molecular complexity index is 767. The molecule has 0 spiro atoms. The third-order valence-corrected chi connectivity index (χ3v) is 2.54. The second-order valence-electron chi connectivity index (χ2n) is 3.73. The molecule has 0 bridgehead atoms. The first-order valence-corrected chi connectivity index (χ1v) is 5.26. The van der Waals surface area contributed by atoms with Crippen LogP contribution in [0.3, 0.4) is 0 Å². The van der Waals surface area contributed by atoms with Crippen molar-refractivity contribution in [2.24, 2.45) is 0 Å². The number of hydrogen-bond donors (Lipinski definition) is 4. The number of hydrogen-bond acceptors (Lipinski definition) is 3. The number of para-hydroxylation sites is 1. The molecule has 0 fully saturated rings. The Kier molecular flexibility index (Phi) is 2.23. The summed E-state index contributed by atoms with van der Waals surface area (Å²) in [5.41, 5.74) is 0.564. The van der Waals surface area contributed by atoms with Crippen LogP contribution >= 0.6 is 0 Å². The molecule has 1 amide bonds. The van der Waals surface area contributed by atoms with Gasteiger partial charge in [-0.05, 0) is 12.1 Å². The lowest BCUT2D eigenvalue weighted by atomic mass is 10.2. The Morgan fingerprint density at radius 3 is 2.89 bits per heavy atom. The molecule has 0 aliphatic rings. The summed E-state index contributed by atoms with van der Waals surface area (Å²) in [5, 5.41) is 10.2. The van der Waals surface area contributed by atoms with E-state index in [-0.39, 0.29) is 5.69 Å². The van der Waals surface area contributed by atoms with Crippen molar-refractivity contribution in [1.29, 1.82) is 0 Å². The molecule has 2 heterocycles. The number of aromatic nitrogens is 4. The fourth-order valence-corrected chi connectivity index (χ4v) is 1.69. The summed E-state index contributed by atoms with van der Waals surface area (Å²) in [7, 11) is 0. The molecule has 4 N–H and O–H groups in total. The fraction of sp³-hybridized carbons (Fsp3) is 0. The van der Waals surface area contributed by atoms with Gasteiger partial charge in [0.15, 0.2) is 5.82 Å². The summed E-state index contributed by atoms with van der Waals surface area (Å²) in [5.74, 6) is 0.00301. The van der Waals surface area contributed by atoms with Gasteiger partial charge in [-0.25, -0.2) is 4.79 Å². The molecule has 3 aromatic rings. The number of anilines is 1. The number of nitrogens with zero attached hydrogens (tertiary/aromatic N) is 1. The highest BCUT2D eigenvalue weighted by atomic mass is 16.2. The van der Waals surface area contributed by atoms with Crippen molar-refractivity contribution in [1.82, 2.24) is 20.2 Å². The maximum absolute atomic E-state index is 11.8. The van der Waals surface area contributed by atoms with Crippen molar-refractivity contribution >= 4 is 22.6 Å². The van der Waals surface area contributed by atoms with E-state index in [2.05, 4.69) is 25.5 Å². The van der Waals surface area contributed by atoms with Crippen LogP contribution in [0.1, 0.15) is 10.5 Å². The van der Waals surface area contributed by atoms with Gasteiger partial charge in [0.2, 0.25) is 0 Å². The molecule has 0 saturated carbocycles. The maximum atomic E-state index is 11.8. The Morgan fingerprint density at radius 1 is 1.28 bits per heavy atom. The minimum Gasteiger partial charge on any atom is -0.312 e. The van der Waals surface area contributed by atoms with Crippen LogP contribution in [-0.4, -0.2) is 26.1 Å². The smallest absolute Gasteiger partial charge is 0.312 e. The summed E-state index contributed by atoms with van der Waals surface area (Å²) < 4.78 is 0. The highest BCUT2D eigenvalue weighted by molar-refractivity contribution is 6.06. The second-order valence-corrected chi connectivity index (χ2v) is 3.73. The van der Waals surface area contributed by atoms with Gasteiger partial charge in [-0.3, -0.25) is 9.89 Å². The highest BCUT2D eigenvalue weighted by Gasteiger charge is 2.12. The zero-order valence-corrected chi connectivity index (χ0v) is 9.15. The summed E-state index contributed by atoms with van der Waals surface area (Å²) in [6, 6.07) is 7.42. The van der Waals surface area contributed by atoms with Gasteiger partial charge < -0.3 is 15.3 Å². The van der Waals surface area contributed by atoms with Gasteiger partial charge >= 0.3 is 5.69 Å². The Morgan fingerprint density at radius 2 is 2.11 bits per heavy atom. The number of benzene rings is 1. The summed E-state index contributed by atoms with van der Waals surface area (Å²) in [6.07, 6.45) is 1.31. The second kappa shape index (κ2) is 3.88. The van der Waals surface area contributed by atoms with Gasteiger partial charge in [-0.15, -0.1) is 0 Å². The minimum atomic E-state index is -0.425. The standard InChI is InChI=1S/C11H9N5O2/c17-10(8-5-12-11(18)13-8)14-9-6-3-1-2-4-7(6)15-16-9/h1-5H,(H2,12,13,18)(H2,14,15,16,17). The van der Waals surface area contributed by atoms with E-state index >= 15 is 0 Å². The van der Waals surface area contributed by atoms with Crippen molar-refractivity contribution in [3.8, 4) is 0 Å². The third kappa shape index (κ3) is 1.67. The van der Waals surface area contributed by atoms with Gasteiger partial charge in [0.1, 0.15) is 5.69 Å². The maximum Gasteiger partial charge on any atom is 0.323 e. The van der Waals surface area contributed by atoms with Gasteiger partial charge in [0, 0.05) is 11.6 Å². The lowest BCUT2D eigenvalue weighted by molar-refractivity contribution is 0.102. The summed E-state index contributed by atoms with van der Waals surface area (Å²) in [4.78, 5) is 27.5. The summed E-state index contributed by atoms with van der Waals surface area (Å²) >= 11 is 0. The summed E-state index contributed by atoms with van der Waals surface area (Å²) in [6.45, 7) is 0. The van der Waals surface area contributed by atoms with Crippen LogP contribution in [-0.2, 0) is 0 Å². The molecule has 18 heavy (non-hydrogen) atoms. The van der Waals surface area contributed by atoms with Crippen molar-refractivity contribution < 1.29 is 4.79 Å². The molecule has 2 aromatic heterocycles. The van der Waals surface area contributed by atoms with E-state index in [1.807, 2.05) is 24.3 Å². The number of nitrogens with one attached hydrogen (secondary N) is 4. The number of rotatable bonds is 2. The topological polar surface area (TPSA) is 106 Å². The average Bonchev–Trinajstić information content (AvgIpc) is 2.97. The number of carbonyl (C=O) groups is 1. The van der Waals surface area contributed by atoms with Crippen molar-refractivity contribution in [2.75, 3.05) is 5.32 Å². The molecule has 7 nitrogen and oxygen atoms in total. The molecule has 3 rings (SSSR count). The fourth-order valence-electron chi connectivity index (χ4n) is 1.69. The molecule has 7 heteroatoms. The Labute approximate surface area is 100 Å². The van der Waals surface area contributed by atoms with Gasteiger partial charge in [0.25, 0.3) is 5.91 Å². The Hall–Kier alpha value is -2.83. The molecular weight excluding hydrogens is 234 g/mol. The van der Waals surface area contributed by atoms with Gasteiger partial charge in [-0.2, -0.15) is 5.10 Å². The lowest BCUT2D eigenvalue weighted by Gasteiger charge is -1.99. The zero-order chi connectivity index (χ0) is 12.5. The number of amides is 1.